The van der Waals surface area contributed by atoms with Crippen molar-refractivity contribution in [1.29, 1.82) is 0 Å². The average molecular weight is 329 g/mol. The molecular weight excluding hydrogens is 314 g/mol. The second-order valence-corrected chi connectivity index (χ2v) is 6.14. The van der Waals surface area contributed by atoms with E-state index in [2.05, 4.69) is 4.74 Å². The van der Waals surface area contributed by atoms with Gasteiger partial charge in [0.05, 0.1) is 18.0 Å². The maximum Gasteiger partial charge on any atom is 0.411 e. The van der Waals surface area contributed by atoms with Crippen LogP contribution in [0.25, 0.3) is 0 Å². The molecule has 120 valence electrons. The molecule has 0 spiro atoms. The first-order valence-electron chi connectivity index (χ1n) is 6.06. The van der Waals surface area contributed by atoms with Crippen LogP contribution >= 0.6 is 0 Å². The van der Waals surface area contributed by atoms with Gasteiger partial charge in [-0.3, -0.25) is 4.31 Å². The monoisotopic (exact) mass is 329 g/mol. The molecule has 9 heteroatoms. The number of nitrogens with zero attached hydrogens (tertiary/aromatic N) is 1. The summed E-state index contributed by atoms with van der Waals surface area (Å²) < 4.78 is 77.8. The molecule has 1 rings (SSSR count). The maximum absolute atomic E-state index is 12.8. The molecule has 1 aromatic carbocycles. The second kappa shape index (κ2) is 7.08. The lowest BCUT2D eigenvalue weighted by molar-refractivity contribution is -0.172. The molecule has 0 N–H and O–H groups in total. The van der Waals surface area contributed by atoms with E-state index in [-0.39, 0.29) is 12.2 Å². The third kappa shape index (κ3) is 5.88. The molecule has 0 unspecified atom stereocenters. The van der Waals surface area contributed by atoms with Gasteiger partial charge in [0.25, 0.3) is 0 Å². The van der Waals surface area contributed by atoms with Gasteiger partial charge in [-0.2, -0.15) is 13.2 Å². The Balaban J connectivity index is 2.68. The standard InChI is InChI=1S/C12H15F4NO3S/c1-2-17(11-5-3-10(13)4-6-11)21(18,19)8-7-20-9-12(14,15)16/h3-6H,2,7-9H2,1H3. The highest BCUT2D eigenvalue weighted by Crippen LogP contribution is 2.19. The zero-order valence-corrected chi connectivity index (χ0v) is 12.0. The number of sulfonamides is 1. The smallest absolute Gasteiger partial charge is 0.371 e. The van der Waals surface area contributed by atoms with Crippen LogP contribution in [0.1, 0.15) is 6.92 Å². The number of anilines is 1. The first-order valence-corrected chi connectivity index (χ1v) is 7.67. The van der Waals surface area contributed by atoms with E-state index in [1.807, 2.05) is 0 Å². The minimum atomic E-state index is -4.49. The van der Waals surface area contributed by atoms with Crippen molar-refractivity contribution in [2.24, 2.45) is 0 Å². The Hall–Kier alpha value is -1.35. The second-order valence-electron chi connectivity index (χ2n) is 4.12. The van der Waals surface area contributed by atoms with E-state index in [0.29, 0.717) is 0 Å². The van der Waals surface area contributed by atoms with E-state index < -0.39 is 41.0 Å². The number of benzene rings is 1. The Morgan fingerprint density at radius 1 is 1.19 bits per heavy atom. The van der Waals surface area contributed by atoms with Crippen LogP contribution in [0.4, 0.5) is 23.2 Å². The van der Waals surface area contributed by atoms with Crippen LogP contribution in [-0.2, 0) is 14.8 Å². The van der Waals surface area contributed by atoms with E-state index in [1.54, 1.807) is 6.92 Å². The third-order valence-corrected chi connectivity index (χ3v) is 4.31. The van der Waals surface area contributed by atoms with Gasteiger partial charge in [-0.15, -0.1) is 0 Å². The minimum Gasteiger partial charge on any atom is -0.371 e. The lowest BCUT2D eigenvalue weighted by atomic mass is 10.3. The van der Waals surface area contributed by atoms with Crippen molar-refractivity contribution < 1.29 is 30.7 Å². The van der Waals surface area contributed by atoms with Crippen molar-refractivity contribution in [2.75, 3.05) is 29.8 Å². The molecule has 21 heavy (non-hydrogen) atoms. The summed E-state index contributed by atoms with van der Waals surface area (Å²) >= 11 is 0. The maximum atomic E-state index is 12.8. The third-order valence-electron chi connectivity index (χ3n) is 2.49. The van der Waals surface area contributed by atoms with Crippen LogP contribution < -0.4 is 4.31 Å². The van der Waals surface area contributed by atoms with Crippen LogP contribution in [-0.4, -0.2) is 40.1 Å². The van der Waals surface area contributed by atoms with E-state index in [1.165, 1.54) is 12.1 Å². The topological polar surface area (TPSA) is 46.6 Å². The fourth-order valence-corrected chi connectivity index (χ4v) is 2.99. The predicted molar refractivity (Wildman–Crippen MR) is 70.1 cm³/mol. The van der Waals surface area contributed by atoms with E-state index >= 15 is 0 Å². The molecule has 0 aliphatic carbocycles. The van der Waals surface area contributed by atoms with Crippen molar-refractivity contribution in [3.05, 3.63) is 30.1 Å². The minimum absolute atomic E-state index is 0.0766. The van der Waals surface area contributed by atoms with Crippen molar-refractivity contribution in [3.63, 3.8) is 0 Å². The fourth-order valence-electron chi connectivity index (χ4n) is 1.61. The summed E-state index contributed by atoms with van der Waals surface area (Å²) in [7, 11) is -3.84. The van der Waals surface area contributed by atoms with Crippen molar-refractivity contribution in [2.45, 2.75) is 13.1 Å². The van der Waals surface area contributed by atoms with Crippen LogP contribution in [0.3, 0.4) is 0 Å². The molecule has 0 amide bonds. The van der Waals surface area contributed by atoms with Crippen molar-refractivity contribution in [3.8, 4) is 0 Å². The number of ether oxygens (including phenoxy) is 1. The summed E-state index contributed by atoms with van der Waals surface area (Å²) in [5.41, 5.74) is 0.245. The van der Waals surface area contributed by atoms with Crippen LogP contribution in [0.15, 0.2) is 24.3 Å². The zero-order valence-electron chi connectivity index (χ0n) is 11.2. The summed E-state index contributed by atoms with van der Waals surface area (Å²) in [6.45, 7) is -0.421. The molecule has 0 fully saturated rings. The molecule has 0 saturated heterocycles. The van der Waals surface area contributed by atoms with Crippen LogP contribution in [0.2, 0.25) is 0 Å². The molecule has 0 saturated carbocycles. The number of hydrogen-bond acceptors (Lipinski definition) is 3. The van der Waals surface area contributed by atoms with E-state index in [4.69, 9.17) is 0 Å². The number of halogens is 4. The van der Waals surface area contributed by atoms with Crippen LogP contribution in [0, 0.1) is 5.82 Å². The van der Waals surface area contributed by atoms with Gasteiger partial charge in [-0.25, -0.2) is 12.8 Å². The average Bonchev–Trinajstić information content (AvgIpc) is 2.36. The molecule has 0 aromatic heterocycles. The molecule has 0 aliphatic heterocycles. The van der Waals surface area contributed by atoms with Gasteiger partial charge in [-0.1, -0.05) is 0 Å². The zero-order chi connectivity index (χ0) is 16.1. The normalized spacial score (nSPS) is 12.4. The molecule has 0 bridgehead atoms. The summed E-state index contributed by atoms with van der Waals surface area (Å²) in [5, 5.41) is 0. The van der Waals surface area contributed by atoms with Gasteiger partial charge >= 0.3 is 6.18 Å². The van der Waals surface area contributed by atoms with Gasteiger partial charge in [0.15, 0.2) is 0 Å². The molecule has 0 radical (unpaired) electrons. The first kappa shape index (κ1) is 17.7. The summed E-state index contributed by atoms with van der Waals surface area (Å²) in [6.07, 6.45) is -4.49. The van der Waals surface area contributed by atoms with Gasteiger partial charge < -0.3 is 4.74 Å². The summed E-state index contributed by atoms with van der Waals surface area (Å²) in [6, 6.07) is 4.78. The number of hydrogen-bond donors (Lipinski definition) is 0. The molecule has 4 nitrogen and oxygen atoms in total. The van der Waals surface area contributed by atoms with E-state index in [9.17, 15) is 26.0 Å². The first-order chi connectivity index (χ1) is 9.65. The van der Waals surface area contributed by atoms with Crippen molar-refractivity contribution >= 4 is 15.7 Å². The quantitative estimate of drug-likeness (QED) is 0.570. The highest BCUT2D eigenvalue weighted by atomic mass is 32.2. The highest BCUT2D eigenvalue weighted by Gasteiger charge is 2.28. The van der Waals surface area contributed by atoms with Gasteiger partial charge in [-0.05, 0) is 31.2 Å². The molecular formula is C12H15F4NO3S. The Labute approximate surface area is 120 Å². The Morgan fingerprint density at radius 2 is 1.76 bits per heavy atom. The Kier molecular flexibility index (Phi) is 5.97. The highest BCUT2D eigenvalue weighted by molar-refractivity contribution is 7.92. The summed E-state index contributed by atoms with van der Waals surface area (Å²) in [5.74, 6) is -1.10. The number of rotatable bonds is 7. The van der Waals surface area contributed by atoms with E-state index in [0.717, 1.165) is 16.4 Å². The molecule has 0 heterocycles. The molecule has 0 atom stereocenters. The van der Waals surface area contributed by atoms with Crippen LogP contribution in [0.5, 0.6) is 0 Å². The largest absolute Gasteiger partial charge is 0.411 e. The number of alkyl halides is 3. The summed E-state index contributed by atoms with van der Waals surface area (Å²) in [4.78, 5) is 0. The SMILES string of the molecule is CCN(c1ccc(F)cc1)S(=O)(=O)CCOCC(F)(F)F. The Morgan fingerprint density at radius 3 is 2.24 bits per heavy atom. The van der Waals surface area contributed by atoms with Gasteiger partial charge in [0, 0.05) is 6.54 Å². The predicted octanol–water partition coefficient (Wildman–Crippen LogP) is 2.56. The molecule has 0 aliphatic rings. The van der Waals surface area contributed by atoms with Gasteiger partial charge in [0.2, 0.25) is 10.0 Å². The lowest BCUT2D eigenvalue weighted by Crippen LogP contribution is -2.34. The fraction of sp³-hybridized carbons (Fsp3) is 0.500. The van der Waals surface area contributed by atoms with Gasteiger partial charge in [0.1, 0.15) is 12.4 Å². The Bertz CT molecular complexity index is 543. The molecule has 1 aromatic rings. The van der Waals surface area contributed by atoms with Crippen molar-refractivity contribution in [1.82, 2.24) is 0 Å². The lowest BCUT2D eigenvalue weighted by Gasteiger charge is -2.22.